The number of carbonyl (C=O) groups is 1. The number of aromatic hydroxyl groups is 2. The van der Waals surface area contributed by atoms with Crippen LogP contribution in [0.4, 0.5) is 13.2 Å². The van der Waals surface area contributed by atoms with Gasteiger partial charge in [-0.2, -0.15) is 13.2 Å². The number of aromatic nitrogens is 3. The molecule has 192 valence electrons. The fourth-order valence-electron chi connectivity index (χ4n) is 5.26. The van der Waals surface area contributed by atoms with E-state index in [2.05, 4.69) is 15.1 Å². The Labute approximate surface area is 202 Å². The molecule has 11 heteroatoms. The van der Waals surface area contributed by atoms with Crippen LogP contribution in [0.25, 0.3) is 11.4 Å². The van der Waals surface area contributed by atoms with Gasteiger partial charge in [-0.3, -0.25) is 9.36 Å². The van der Waals surface area contributed by atoms with Crippen molar-refractivity contribution in [3.05, 3.63) is 23.5 Å². The molecule has 4 rings (SSSR count). The van der Waals surface area contributed by atoms with Gasteiger partial charge in [0.05, 0.1) is 5.56 Å². The molecule has 2 fully saturated rings. The maximum Gasteiger partial charge on any atom is 0.405 e. The van der Waals surface area contributed by atoms with E-state index in [9.17, 15) is 28.2 Å². The minimum absolute atomic E-state index is 0.0591. The molecule has 1 aliphatic carbocycles. The van der Waals surface area contributed by atoms with E-state index >= 15 is 0 Å². The molecular formula is C24H32F3N5O3. The molecule has 3 N–H and O–H groups in total. The van der Waals surface area contributed by atoms with Crippen molar-refractivity contribution >= 4 is 5.91 Å². The summed E-state index contributed by atoms with van der Waals surface area (Å²) in [4.78, 5) is 15.2. The van der Waals surface area contributed by atoms with E-state index < -0.39 is 18.6 Å². The van der Waals surface area contributed by atoms with Crippen LogP contribution in [-0.2, 0) is 0 Å². The largest absolute Gasteiger partial charge is 0.508 e. The lowest BCUT2D eigenvalue weighted by molar-refractivity contribution is -0.123. The summed E-state index contributed by atoms with van der Waals surface area (Å²) >= 11 is 0. The quantitative estimate of drug-likeness (QED) is 0.551. The van der Waals surface area contributed by atoms with Crippen molar-refractivity contribution in [1.82, 2.24) is 25.0 Å². The SMILES string of the molecule is CC(C)c1cc(-c2nnc(C(=O)NCC(F)(F)F)n2C2CCC(N3CCCC3)CC2)c(O)cc1O. The average Bonchev–Trinajstić information content (AvgIpc) is 3.47. The summed E-state index contributed by atoms with van der Waals surface area (Å²) in [6.07, 6.45) is 1.03. The summed E-state index contributed by atoms with van der Waals surface area (Å²) in [7, 11) is 0. The zero-order chi connectivity index (χ0) is 25.3. The number of hydrogen-bond acceptors (Lipinski definition) is 6. The minimum atomic E-state index is -4.56. The van der Waals surface area contributed by atoms with Crippen molar-refractivity contribution in [2.75, 3.05) is 19.6 Å². The van der Waals surface area contributed by atoms with Gasteiger partial charge in [-0.1, -0.05) is 13.8 Å². The van der Waals surface area contributed by atoms with Crippen molar-refractivity contribution in [3.8, 4) is 22.9 Å². The molecule has 2 aromatic rings. The number of amides is 1. The van der Waals surface area contributed by atoms with E-state index in [0.29, 0.717) is 24.4 Å². The first-order valence-electron chi connectivity index (χ1n) is 12.1. The number of rotatable bonds is 6. The molecule has 2 heterocycles. The minimum Gasteiger partial charge on any atom is -0.508 e. The molecule has 35 heavy (non-hydrogen) atoms. The second-order valence-corrected chi connectivity index (χ2v) is 9.80. The summed E-state index contributed by atoms with van der Waals surface area (Å²) in [5.74, 6) is -1.35. The normalized spacial score (nSPS) is 21.5. The van der Waals surface area contributed by atoms with E-state index in [4.69, 9.17) is 0 Å². The summed E-state index contributed by atoms with van der Waals surface area (Å²) in [5.41, 5.74) is 0.851. The number of halogens is 3. The van der Waals surface area contributed by atoms with Crippen LogP contribution >= 0.6 is 0 Å². The third-order valence-electron chi connectivity index (χ3n) is 7.04. The molecule has 2 aliphatic rings. The average molecular weight is 496 g/mol. The van der Waals surface area contributed by atoms with Crippen LogP contribution in [0, 0.1) is 0 Å². The van der Waals surface area contributed by atoms with Crippen molar-refractivity contribution in [2.24, 2.45) is 0 Å². The number of carbonyl (C=O) groups excluding carboxylic acids is 1. The Kier molecular flexibility index (Phi) is 7.25. The van der Waals surface area contributed by atoms with Crippen molar-refractivity contribution in [1.29, 1.82) is 0 Å². The predicted octanol–water partition coefficient (Wildman–Crippen LogP) is 4.35. The molecule has 1 saturated carbocycles. The highest BCUT2D eigenvalue weighted by Crippen LogP contribution is 2.40. The van der Waals surface area contributed by atoms with Gasteiger partial charge in [0.2, 0.25) is 5.82 Å². The number of alkyl halides is 3. The molecule has 8 nitrogen and oxygen atoms in total. The summed E-state index contributed by atoms with van der Waals surface area (Å²) in [6.45, 7) is 4.46. The predicted molar refractivity (Wildman–Crippen MR) is 123 cm³/mol. The second-order valence-electron chi connectivity index (χ2n) is 9.80. The lowest BCUT2D eigenvalue weighted by Crippen LogP contribution is -2.38. The number of benzene rings is 1. The highest BCUT2D eigenvalue weighted by Gasteiger charge is 2.34. The first kappa shape index (κ1) is 25.3. The van der Waals surface area contributed by atoms with Crippen LogP contribution < -0.4 is 5.32 Å². The number of nitrogens with one attached hydrogen (secondary N) is 1. The van der Waals surface area contributed by atoms with E-state index in [1.807, 2.05) is 19.2 Å². The third kappa shape index (κ3) is 5.55. The molecule has 1 saturated heterocycles. The van der Waals surface area contributed by atoms with E-state index in [0.717, 1.165) is 25.9 Å². The molecule has 0 bridgehead atoms. The molecule has 1 aromatic carbocycles. The zero-order valence-corrected chi connectivity index (χ0v) is 20.0. The maximum absolute atomic E-state index is 12.7. The fraction of sp³-hybridized carbons (Fsp3) is 0.625. The molecule has 1 aromatic heterocycles. The Hall–Kier alpha value is -2.82. The maximum atomic E-state index is 12.7. The Morgan fingerprint density at radius 1 is 1.06 bits per heavy atom. The number of phenolic OH excluding ortho intramolecular Hbond substituents is 2. The van der Waals surface area contributed by atoms with Gasteiger partial charge in [-0.05, 0) is 69.2 Å². The molecular weight excluding hydrogens is 463 g/mol. The topological polar surface area (TPSA) is 104 Å². The molecule has 0 unspecified atom stereocenters. The number of hydrogen-bond donors (Lipinski definition) is 3. The zero-order valence-electron chi connectivity index (χ0n) is 20.0. The van der Waals surface area contributed by atoms with Crippen molar-refractivity contribution in [3.63, 3.8) is 0 Å². The van der Waals surface area contributed by atoms with Gasteiger partial charge in [0.15, 0.2) is 5.82 Å². The smallest absolute Gasteiger partial charge is 0.405 e. The lowest BCUT2D eigenvalue weighted by Gasteiger charge is -2.35. The van der Waals surface area contributed by atoms with Crippen LogP contribution in [0.15, 0.2) is 12.1 Å². The molecule has 0 atom stereocenters. The molecule has 0 radical (unpaired) electrons. The van der Waals surface area contributed by atoms with Gasteiger partial charge in [-0.25, -0.2) is 0 Å². The fourth-order valence-corrected chi connectivity index (χ4v) is 5.26. The summed E-state index contributed by atoms with van der Waals surface area (Å²) in [6, 6.07) is 3.06. The van der Waals surface area contributed by atoms with Crippen molar-refractivity contribution in [2.45, 2.75) is 76.6 Å². The number of likely N-dealkylation sites (tertiary alicyclic amines) is 1. The van der Waals surface area contributed by atoms with Gasteiger partial charge in [-0.15, -0.1) is 10.2 Å². The van der Waals surface area contributed by atoms with E-state index in [1.165, 1.54) is 18.9 Å². The molecule has 0 spiro atoms. The van der Waals surface area contributed by atoms with Gasteiger partial charge in [0.1, 0.15) is 18.0 Å². The Bertz CT molecular complexity index is 1060. The van der Waals surface area contributed by atoms with E-state index in [1.54, 1.807) is 10.6 Å². The highest BCUT2D eigenvalue weighted by atomic mass is 19.4. The summed E-state index contributed by atoms with van der Waals surface area (Å²) in [5, 5.41) is 30.8. The first-order valence-corrected chi connectivity index (χ1v) is 12.1. The second kappa shape index (κ2) is 10.0. The standard InChI is InChI=1S/C24H32F3N5O3/c1-14(2)17-11-18(20(34)12-19(17)33)21-29-30-22(23(35)28-13-24(25,26)27)32(21)16-7-5-15(6-8-16)31-9-3-4-10-31/h11-12,14-16,33-34H,3-10,13H2,1-2H3,(H,28,35). The van der Waals surface area contributed by atoms with Crippen LogP contribution in [-0.4, -0.2) is 67.6 Å². The van der Waals surface area contributed by atoms with Gasteiger partial charge >= 0.3 is 6.18 Å². The van der Waals surface area contributed by atoms with Crippen molar-refractivity contribution < 1.29 is 28.2 Å². The van der Waals surface area contributed by atoms with Crippen LogP contribution in [0.3, 0.4) is 0 Å². The monoisotopic (exact) mass is 495 g/mol. The highest BCUT2D eigenvalue weighted by molar-refractivity contribution is 5.91. The van der Waals surface area contributed by atoms with Crippen LogP contribution in [0.5, 0.6) is 11.5 Å². The molecule has 1 amide bonds. The van der Waals surface area contributed by atoms with Gasteiger partial charge < -0.3 is 20.4 Å². The third-order valence-corrected chi connectivity index (χ3v) is 7.04. The van der Waals surface area contributed by atoms with Crippen LogP contribution in [0.1, 0.15) is 80.5 Å². The Morgan fingerprint density at radius 3 is 2.29 bits per heavy atom. The molecule has 1 aliphatic heterocycles. The van der Waals surface area contributed by atoms with Gasteiger partial charge in [0.25, 0.3) is 5.91 Å². The number of nitrogens with zero attached hydrogens (tertiary/aromatic N) is 4. The lowest BCUT2D eigenvalue weighted by atomic mass is 9.89. The van der Waals surface area contributed by atoms with Gasteiger partial charge in [0, 0.05) is 18.2 Å². The first-order chi connectivity index (χ1) is 16.5. The van der Waals surface area contributed by atoms with E-state index in [-0.39, 0.29) is 40.7 Å². The Morgan fingerprint density at radius 2 is 1.69 bits per heavy atom. The van der Waals surface area contributed by atoms with Crippen LogP contribution in [0.2, 0.25) is 0 Å². The Balaban J connectivity index is 1.69. The summed E-state index contributed by atoms with van der Waals surface area (Å²) < 4.78 is 39.8. The number of phenols is 2.